The lowest BCUT2D eigenvalue weighted by Gasteiger charge is -2.20. The van der Waals surface area contributed by atoms with Gasteiger partial charge in [-0.15, -0.1) is 0 Å². The predicted molar refractivity (Wildman–Crippen MR) is 140 cm³/mol. The van der Waals surface area contributed by atoms with Gasteiger partial charge in [-0.25, -0.2) is 9.88 Å². The van der Waals surface area contributed by atoms with E-state index in [0.717, 1.165) is 0 Å². The number of cyclic esters (lactones) is 1. The summed E-state index contributed by atoms with van der Waals surface area (Å²) in [6.45, 7) is 6.95. The minimum Gasteiger partial charge on any atom is -0.507 e. The first-order valence-electron chi connectivity index (χ1n) is 12.1. The smallest absolute Gasteiger partial charge is 0.342 e. The second-order valence-corrected chi connectivity index (χ2v) is 11.2. The van der Waals surface area contributed by atoms with Crippen molar-refractivity contribution in [3.05, 3.63) is 46.1 Å². The van der Waals surface area contributed by atoms with E-state index < -0.39 is 37.4 Å². The number of hydrogen-bond donors (Lipinski definition) is 3. The van der Waals surface area contributed by atoms with Crippen molar-refractivity contribution in [2.24, 2.45) is 5.92 Å². The zero-order valence-corrected chi connectivity index (χ0v) is 23.4. The van der Waals surface area contributed by atoms with Gasteiger partial charge in [-0.1, -0.05) is 23.8 Å². The normalized spacial score (nSPS) is 16.5. The first-order chi connectivity index (χ1) is 17.9. The summed E-state index contributed by atoms with van der Waals surface area (Å²) in [5.74, 6) is -2.93. The number of carbonyl (C=O) groups is 3. The lowest BCUT2D eigenvalue weighted by atomic mass is 9.93. The summed E-state index contributed by atoms with van der Waals surface area (Å²) in [4.78, 5) is 35.8. The van der Waals surface area contributed by atoms with Crippen molar-refractivity contribution in [2.75, 3.05) is 27.0 Å². The number of phenolic OH excluding ortho intramolecular Hbond substituents is 1. The number of esters is 2. The Labute approximate surface area is 222 Å². The van der Waals surface area contributed by atoms with Gasteiger partial charge in [0, 0.05) is 18.2 Å². The van der Waals surface area contributed by atoms with Crippen molar-refractivity contribution in [1.29, 1.82) is 0 Å². The lowest BCUT2D eigenvalue weighted by Crippen LogP contribution is -2.34. The summed E-state index contributed by atoms with van der Waals surface area (Å²) in [5, 5.41) is 23.1. The molecular weight excluding hydrogens is 517 g/mol. The van der Waals surface area contributed by atoms with Crippen LogP contribution in [0.2, 0.25) is 0 Å². The number of allylic oxidation sites excluding steroid dienone is 3. The topological polar surface area (TPSA) is 158 Å². The molecule has 0 aromatic heterocycles. The highest BCUT2D eigenvalue weighted by molar-refractivity contribution is 7.57. The number of benzene rings is 1. The summed E-state index contributed by atoms with van der Waals surface area (Å²) >= 11 is 0. The van der Waals surface area contributed by atoms with Crippen LogP contribution in [-0.2, 0) is 41.2 Å². The number of carboxylic acid groups (broad SMARTS) is 1. The van der Waals surface area contributed by atoms with Crippen molar-refractivity contribution in [3.63, 3.8) is 0 Å². The number of rotatable bonds is 14. The van der Waals surface area contributed by atoms with E-state index in [2.05, 4.69) is 5.09 Å². The zero-order valence-electron chi connectivity index (χ0n) is 22.5. The van der Waals surface area contributed by atoms with Crippen LogP contribution in [-0.4, -0.2) is 61.2 Å². The van der Waals surface area contributed by atoms with E-state index in [1.54, 1.807) is 26.8 Å². The highest BCUT2D eigenvalue weighted by Gasteiger charge is 2.32. The maximum Gasteiger partial charge on any atom is 0.342 e. The maximum absolute atomic E-state index is 12.9. The maximum atomic E-state index is 12.9. The highest BCUT2D eigenvalue weighted by atomic mass is 31.2. The van der Waals surface area contributed by atoms with Crippen LogP contribution < -0.4 is 9.82 Å². The molecule has 1 aliphatic heterocycles. The predicted octanol–water partition coefficient (Wildman–Crippen LogP) is 3.90. The van der Waals surface area contributed by atoms with Crippen LogP contribution in [0.5, 0.6) is 11.5 Å². The van der Waals surface area contributed by atoms with Crippen molar-refractivity contribution >= 4 is 25.4 Å². The highest BCUT2D eigenvalue weighted by Crippen LogP contribution is 2.43. The Morgan fingerprint density at radius 3 is 2.55 bits per heavy atom. The number of fused-ring (bicyclic) bond motifs is 1. The minimum absolute atomic E-state index is 0.0684. The first kappa shape index (κ1) is 31.1. The monoisotopic (exact) mass is 553 g/mol. The number of carboxylic acids is 1. The van der Waals surface area contributed by atoms with Gasteiger partial charge in [-0.2, -0.15) is 0 Å². The van der Waals surface area contributed by atoms with Gasteiger partial charge < -0.3 is 28.9 Å². The largest absolute Gasteiger partial charge is 0.507 e. The number of phenols is 1. The minimum atomic E-state index is -3.46. The number of nitrogens with one attached hydrogen (secondary N) is 1. The molecule has 11 nitrogen and oxygen atoms in total. The SMILES string of the molecule is CCOC(=O)[C@H](C)NP(=O)(C/C=C/C(C/C(C)=C/Cc1c(O)c2c(c(C)c1OC)COC2=O)C(=O)O)OC. The number of aliphatic carboxylic acids is 1. The number of carbonyl (C=O) groups excluding carboxylic acids is 2. The van der Waals surface area contributed by atoms with E-state index in [1.807, 2.05) is 0 Å². The van der Waals surface area contributed by atoms with E-state index in [-0.39, 0.29) is 43.5 Å². The van der Waals surface area contributed by atoms with Gasteiger partial charge in [0.2, 0.25) is 0 Å². The molecule has 12 heteroatoms. The van der Waals surface area contributed by atoms with Crippen LogP contribution in [0.4, 0.5) is 0 Å². The molecule has 2 rings (SSSR count). The van der Waals surface area contributed by atoms with Gasteiger partial charge in [-0.3, -0.25) is 14.2 Å². The third-order valence-electron chi connectivity index (χ3n) is 6.20. The second-order valence-electron chi connectivity index (χ2n) is 8.89. The second kappa shape index (κ2) is 13.6. The Kier molecular flexibility index (Phi) is 11.1. The molecule has 0 fully saturated rings. The molecule has 0 aliphatic carbocycles. The Morgan fingerprint density at radius 1 is 1.29 bits per heavy atom. The molecule has 0 spiro atoms. The van der Waals surface area contributed by atoms with Gasteiger partial charge in [-0.05, 0) is 46.1 Å². The molecule has 1 aromatic carbocycles. The Balaban J connectivity index is 2.15. The average Bonchev–Trinajstić information content (AvgIpc) is 3.26. The van der Waals surface area contributed by atoms with E-state index in [4.69, 9.17) is 18.7 Å². The Hall–Kier alpha value is -3.14. The molecule has 3 atom stereocenters. The molecule has 0 radical (unpaired) electrons. The fourth-order valence-corrected chi connectivity index (χ4v) is 5.59. The molecule has 2 unspecified atom stereocenters. The van der Waals surface area contributed by atoms with Crippen LogP contribution >= 0.6 is 7.52 Å². The third-order valence-corrected chi connectivity index (χ3v) is 8.26. The van der Waals surface area contributed by atoms with Crippen molar-refractivity contribution in [3.8, 4) is 11.5 Å². The van der Waals surface area contributed by atoms with Gasteiger partial charge in [0.15, 0.2) is 0 Å². The molecule has 0 saturated heterocycles. The molecule has 38 heavy (non-hydrogen) atoms. The van der Waals surface area contributed by atoms with Crippen LogP contribution in [0.3, 0.4) is 0 Å². The molecule has 1 aromatic rings. The average molecular weight is 554 g/mol. The van der Waals surface area contributed by atoms with Crippen molar-refractivity contribution in [1.82, 2.24) is 5.09 Å². The van der Waals surface area contributed by atoms with Crippen LogP contribution in [0, 0.1) is 12.8 Å². The molecule has 1 aliphatic rings. The van der Waals surface area contributed by atoms with Crippen LogP contribution in [0.25, 0.3) is 0 Å². The molecule has 3 N–H and O–H groups in total. The number of hydrogen-bond acceptors (Lipinski definition) is 9. The zero-order chi connectivity index (χ0) is 28.6. The summed E-state index contributed by atoms with van der Waals surface area (Å²) in [7, 11) is -0.752. The van der Waals surface area contributed by atoms with Crippen LogP contribution in [0.15, 0.2) is 23.8 Å². The van der Waals surface area contributed by atoms with Gasteiger partial charge in [0.1, 0.15) is 29.7 Å². The van der Waals surface area contributed by atoms with E-state index in [9.17, 15) is 29.2 Å². The van der Waals surface area contributed by atoms with Gasteiger partial charge in [0.05, 0.1) is 25.8 Å². The molecule has 210 valence electrons. The Morgan fingerprint density at radius 2 is 1.97 bits per heavy atom. The molecule has 0 amide bonds. The first-order valence-corrected chi connectivity index (χ1v) is 13.9. The van der Waals surface area contributed by atoms with Crippen molar-refractivity contribution < 1.29 is 47.9 Å². The van der Waals surface area contributed by atoms with Crippen molar-refractivity contribution in [2.45, 2.75) is 53.2 Å². The standard InChI is InChI=1S/C26H36NO10P/c1-7-36-25(31)17(4)27-38(33,35-6)12-8-9-18(24(29)30)13-15(2)10-11-19-22(28)21-20(14-37-26(21)32)16(3)23(19)34-5/h8-10,17-18,28H,7,11-14H2,1-6H3,(H,27,33)(H,29,30)/b9-8+,15-10+/t17-,18?,38?/m0/s1. The quantitative estimate of drug-likeness (QED) is 0.174. The fraction of sp³-hybridized carbons (Fsp3) is 0.500. The molecular formula is C26H36NO10P. The molecule has 1 heterocycles. The summed E-state index contributed by atoms with van der Waals surface area (Å²) in [6.07, 6.45) is 4.85. The Bertz CT molecular complexity index is 1170. The van der Waals surface area contributed by atoms with Gasteiger partial charge in [0.25, 0.3) is 7.52 Å². The van der Waals surface area contributed by atoms with E-state index in [1.165, 1.54) is 33.3 Å². The molecule has 0 saturated carbocycles. The van der Waals surface area contributed by atoms with E-state index >= 15 is 0 Å². The number of ether oxygens (including phenoxy) is 3. The van der Waals surface area contributed by atoms with Gasteiger partial charge >= 0.3 is 17.9 Å². The van der Waals surface area contributed by atoms with E-state index in [0.29, 0.717) is 28.0 Å². The number of aromatic hydroxyl groups is 1. The third kappa shape index (κ3) is 7.46. The lowest BCUT2D eigenvalue weighted by molar-refractivity contribution is -0.144. The summed E-state index contributed by atoms with van der Waals surface area (Å²) in [6, 6.07) is -0.868. The van der Waals surface area contributed by atoms with Crippen LogP contribution in [0.1, 0.15) is 54.2 Å². The fourth-order valence-electron chi connectivity index (χ4n) is 4.13. The number of methoxy groups -OCH3 is 1. The summed E-state index contributed by atoms with van der Waals surface area (Å²) in [5.41, 5.74) is 2.54. The molecule has 0 bridgehead atoms. The summed E-state index contributed by atoms with van der Waals surface area (Å²) < 4.78 is 33.5.